The quantitative estimate of drug-likeness (QED) is 0.555. The predicted octanol–water partition coefficient (Wildman–Crippen LogP) is 2.08. The number of piperidine rings is 1. The maximum absolute atomic E-state index is 13.2. The van der Waals surface area contributed by atoms with Crippen molar-refractivity contribution in [3.63, 3.8) is 0 Å². The highest BCUT2D eigenvalue weighted by atomic mass is 32.2. The molecular weight excluding hydrogens is 452 g/mol. The summed E-state index contributed by atoms with van der Waals surface area (Å²) in [6.45, 7) is 0.845. The molecule has 1 fully saturated rings. The molecule has 10 heteroatoms. The van der Waals surface area contributed by atoms with Crippen molar-refractivity contribution < 1.29 is 13.2 Å². The van der Waals surface area contributed by atoms with Crippen molar-refractivity contribution in [3.8, 4) is 6.07 Å². The Morgan fingerprint density at radius 3 is 2.47 bits per heavy atom. The SMILES string of the molecule is N#Cc1cccc(S(=O)(=O)N2CCC(CNC(=O)c3nccnc3N)(c3ccccc3)CC2)c1. The van der Waals surface area contributed by atoms with Gasteiger partial charge < -0.3 is 11.1 Å². The van der Waals surface area contributed by atoms with Crippen LogP contribution < -0.4 is 11.1 Å². The largest absolute Gasteiger partial charge is 0.382 e. The van der Waals surface area contributed by atoms with E-state index in [1.807, 2.05) is 36.4 Å². The number of nitrogens with two attached hydrogens (primary N) is 1. The molecule has 3 aromatic rings. The van der Waals surface area contributed by atoms with Gasteiger partial charge in [-0.25, -0.2) is 18.4 Å². The molecule has 2 aromatic carbocycles. The zero-order valence-electron chi connectivity index (χ0n) is 18.4. The van der Waals surface area contributed by atoms with Gasteiger partial charge in [0.15, 0.2) is 11.5 Å². The lowest BCUT2D eigenvalue weighted by Crippen LogP contribution is -2.50. The van der Waals surface area contributed by atoms with Gasteiger partial charge in [-0.05, 0) is 36.6 Å². The summed E-state index contributed by atoms with van der Waals surface area (Å²) in [6, 6.07) is 17.8. The Labute approximate surface area is 198 Å². The number of nitriles is 1. The summed E-state index contributed by atoms with van der Waals surface area (Å²) >= 11 is 0. The van der Waals surface area contributed by atoms with Gasteiger partial charge in [-0.15, -0.1) is 0 Å². The second kappa shape index (κ2) is 9.59. The van der Waals surface area contributed by atoms with Crippen molar-refractivity contribution >= 4 is 21.7 Å². The summed E-state index contributed by atoms with van der Waals surface area (Å²) in [7, 11) is -3.75. The van der Waals surface area contributed by atoms with E-state index in [1.54, 1.807) is 12.1 Å². The van der Waals surface area contributed by atoms with E-state index in [0.29, 0.717) is 24.9 Å². The van der Waals surface area contributed by atoms with Crippen molar-refractivity contribution in [3.05, 3.63) is 83.8 Å². The minimum Gasteiger partial charge on any atom is -0.382 e. The van der Waals surface area contributed by atoms with Gasteiger partial charge in [-0.2, -0.15) is 9.57 Å². The Morgan fingerprint density at radius 2 is 1.79 bits per heavy atom. The lowest BCUT2D eigenvalue weighted by molar-refractivity contribution is 0.0928. The van der Waals surface area contributed by atoms with Gasteiger partial charge in [0, 0.05) is 37.4 Å². The average molecular weight is 477 g/mol. The molecule has 1 aliphatic heterocycles. The average Bonchev–Trinajstić information content (AvgIpc) is 2.88. The lowest BCUT2D eigenvalue weighted by Gasteiger charge is -2.42. The number of hydrogen-bond donors (Lipinski definition) is 2. The summed E-state index contributed by atoms with van der Waals surface area (Å²) in [5, 5.41) is 12.1. The Hall–Kier alpha value is -3.81. The van der Waals surface area contributed by atoms with Crippen LogP contribution in [0.2, 0.25) is 0 Å². The summed E-state index contributed by atoms with van der Waals surface area (Å²) in [5.41, 5.74) is 6.70. The van der Waals surface area contributed by atoms with Gasteiger partial charge in [0.25, 0.3) is 5.91 Å². The summed E-state index contributed by atoms with van der Waals surface area (Å²) < 4.78 is 27.9. The fourth-order valence-electron chi connectivity index (χ4n) is 4.25. The van der Waals surface area contributed by atoms with Crippen LogP contribution in [0.4, 0.5) is 5.82 Å². The minimum absolute atomic E-state index is 0.0503. The van der Waals surface area contributed by atoms with E-state index in [2.05, 4.69) is 15.3 Å². The van der Waals surface area contributed by atoms with Gasteiger partial charge in [-0.1, -0.05) is 36.4 Å². The fraction of sp³-hybridized carbons (Fsp3) is 0.250. The minimum atomic E-state index is -3.75. The molecule has 1 aliphatic rings. The lowest BCUT2D eigenvalue weighted by atomic mass is 9.73. The number of carbonyl (C=O) groups excluding carboxylic acids is 1. The molecule has 0 spiro atoms. The Bertz CT molecular complexity index is 1330. The number of benzene rings is 2. The third-order valence-corrected chi connectivity index (χ3v) is 8.09. The van der Waals surface area contributed by atoms with E-state index < -0.39 is 21.3 Å². The molecule has 1 saturated heterocycles. The Kier molecular flexibility index (Phi) is 6.58. The van der Waals surface area contributed by atoms with E-state index in [1.165, 1.54) is 28.8 Å². The van der Waals surface area contributed by atoms with Gasteiger partial charge in [0.05, 0.1) is 16.5 Å². The molecule has 1 amide bonds. The highest BCUT2D eigenvalue weighted by molar-refractivity contribution is 7.89. The molecule has 174 valence electrons. The van der Waals surface area contributed by atoms with Crippen LogP contribution >= 0.6 is 0 Å². The summed E-state index contributed by atoms with van der Waals surface area (Å²) in [6.07, 6.45) is 3.83. The number of hydrogen-bond acceptors (Lipinski definition) is 7. The molecule has 0 unspecified atom stereocenters. The van der Waals surface area contributed by atoms with Crippen LogP contribution in [0.25, 0.3) is 0 Å². The zero-order valence-corrected chi connectivity index (χ0v) is 19.2. The smallest absolute Gasteiger partial charge is 0.273 e. The first-order chi connectivity index (χ1) is 16.4. The molecule has 0 bridgehead atoms. The molecule has 3 N–H and O–H groups in total. The standard InChI is InChI=1S/C24H24N6O3S/c25-16-18-5-4-8-20(15-18)34(32,33)30-13-9-24(10-14-30,19-6-2-1-3-7-19)17-29-23(31)21-22(26)28-12-11-27-21/h1-8,11-12,15H,9-10,13-14,17H2,(H2,26,28)(H,29,31). The number of carbonyl (C=O) groups is 1. The van der Waals surface area contributed by atoms with E-state index in [4.69, 9.17) is 11.0 Å². The number of nitrogens with zero attached hydrogens (tertiary/aromatic N) is 4. The van der Waals surface area contributed by atoms with Gasteiger partial charge in [-0.3, -0.25) is 4.79 Å². The molecule has 0 aliphatic carbocycles. The van der Waals surface area contributed by atoms with Gasteiger partial charge in [0.1, 0.15) is 0 Å². The van der Waals surface area contributed by atoms with Crippen LogP contribution in [0.5, 0.6) is 0 Å². The van der Waals surface area contributed by atoms with Crippen molar-refractivity contribution in [2.75, 3.05) is 25.4 Å². The Morgan fingerprint density at radius 1 is 1.09 bits per heavy atom. The molecular formula is C24H24N6O3S. The van der Waals surface area contributed by atoms with Gasteiger partial charge in [0.2, 0.25) is 10.0 Å². The fourth-order valence-corrected chi connectivity index (χ4v) is 5.73. The number of nitrogens with one attached hydrogen (secondary N) is 1. The Balaban J connectivity index is 1.55. The topological polar surface area (TPSA) is 142 Å². The second-order valence-electron chi connectivity index (χ2n) is 8.16. The highest BCUT2D eigenvalue weighted by Crippen LogP contribution is 2.37. The van der Waals surface area contributed by atoms with Crippen LogP contribution in [0.15, 0.2) is 71.9 Å². The predicted molar refractivity (Wildman–Crippen MR) is 126 cm³/mol. The first kappa shape index (κ1) is 23.4. The number of sulfonamides is 1. The molecule has 2 heterocycles. The van der Waals surface area contributed by atoms with E-state index >= 15 is 0 Å². The molecule has 1 aromatic heterocycles. The summed E-state index contributed by atoms with van der Waals surface area (Å²) in [5.74, 6) is -0.376. The summed E-state index contributed by atoms with van der Waals surface area (Å²) in [4.78, 5) is 20.8. The van der Waals surface area contributed by atoms with Crippen molar-refractivity contribution in [2.45, 2.75) is 23.2 Å². The maximum Gasteiger partial charge on any atom is 0.273 e. The van der Waals surface area contributed by atoms with Crippen LogP contribution in [-0.2, 0) is 15.4 Å². The molecule has 4 rings (SSSR count). The first-order valence-electron chi connectivity index (χ1n) is 10.8. The van der Waals surface area contributed by atoms with E-state index in [-0.39, 0.29) is 29.5 Å². The van der Waals surface area contributed by atoms with Crippen LogP contribution in [0.3, 0.4) is 0 Å². The van der Waals surface area contributed by atoms with Crippen LogP contribution in [0.1, 0.15) is 34.5 Å². The zero-order chi connectivity index (χ0) is 24.2. The van der Waals surface area contributed by atoms with E-state index in [9.17, 15) is 13.2 Å². The monoisotopic (exact) mass is 476 g/mol. The van der Waals surface area contributed by atoms with Crippen molar-refractivity contribution in [1.29, 1.82) is 5.26 Å². The van der Waals surface area contributed by atoms with E-state index in [0.717, 1.165) is 5.56 Å². The van der Waals surface area contributed by atoms with Gasteiger partial charge >= 0.3 is 0 Å². The number of amides is 1. The van der Waals surface area contributed by atoms with Crippen LogP contribution in [-0.4, -0.2) is 48.2 Å². The van der Waals surface area contributed by atoms with Crippen molar-refractivity contribution in [1.82, 2.24) is 19.6 Å². The number of rotatable bonds is 6. The molecule has 9 nitrogen and oxygen atoms in total. The van der Waals surface area contributed by atoms with Crippen molar-refractivity contribution in [2.24, 2.45) is 0 Å². The first-order valence-corrected chi connectivity index (χ1v) is 12.2. The maximum atomic E-state index is 13.2. The third kappa shape index (κ3) is 4.62. The molecule has 34 heavy (non-hydrogen) atoms. The molecule has 0 radical (unpaired) electrons. The second-order valence-corrected chi connectivity index (χ2v) is 10.1. The number of aromatic nitrogens is 2. The normalized spacial score (nSPS) is 15.9. The van der Waals surface area contributed by atoms with Crippen LogP contribution in [0, 0.1) is 11.3 Å². The third-order valence-electron chi connectivity index (χ3n) is 6.20. The number of anilines is 1. The molecule has 0 atom stereocenters. The highest BCUT2D eigenvalue weighted by Gasteiger charge is 2.40. The molecule has 0 saturated carbocycles. The number of nitrogen functional groups attached to an aromatic ring is 1.